The predicted octanol–water partition coefficient (Wildman–Crippen LogP) is 4.52. The molecule has 1 fully saturated rings. The van der Waals surface area contributed by atoms with Crippen LogP contribution in [-0.2, 0) is 13.1 Å². The molecule has 7 heteroatoms. The van der Waals surface area contributed by atoms with Gasteiger partial charge in [0.15, 0.2) is 10.9 Å². The van der Waals surface area contributed by atoms with E-state index in [2.05, 4.69) is 91.6 Å². The highest BCUT2D eigenvalue weighted by molar-refractivity contribution is 9.10. The third kappa shape index (κ3) is 5.28. The largest absolute Gasteiger partial charge is 0.346 e. The number of hydrogen-bond acceptors (Lipinski definition) is 3. The number of benzene rings is 2. The smallest absolute Gasteiger partial charge is 0.174 e. The molecule has 0 saturated carbocycles. The van der Waals surface area contributed by atoms with Gasteiger partial charge in [-0.15, -0.1) is 0 Å². The number of hydrogen-bond donors (Lipinski definition) is 1. The molecule has 1 N–H and O–H groups in total. The molecule has 1 aliphatic heterocycles. The molecule has 0 aliphatic carbocycles. The summed E-state index contributed by atoms with van der Waals surface area (Å²) < 4.78 is 3.12. The highest BCUT2D eigenvalue weighted by Gasteiger charge is 2.20. The average Bonchev–Trinajstić information content (AvgIpc) is 3.19. The van der Waals surface area contributed by atoms with Crippen molar-refractivity contribution in [1.82, 2.24) is 19.6 Å². The fraction of sp³-hybridized carbons (Fsp3) is 0.304. The molecule has 3 aromatic rings. The van der Waals surface area contributed by atoms with Gasteiger partial charge >= 0.3 is 0 Å². The van der Waals surface area contributed by atoms with Gasteiger partial charge in [-0.1, -0.05) is 58.4 Å². The lowest BCUT2D eigenvalue weighted by Gasteiger charge is -2.36. The molecular formula is C23H26BrN5S. The van der Waals surface area contributed by atoms with Crippen LogP contribution in [0.2, 0.25) is 0 Å². The first-order valence-corrected chi connectivity index (χ1v) is 11.4. The minimum absolute atomic E-state index is 0.747. The Morgan fingerprint density at radius 3 is 2.40 bits per heavy atom. The Morgan fingerprint density at radius 2 is 1.67 bits per heavy atom. The number of nitrogens with one attached hydrogen (secondary N) is 1. The number of thiocarbonyl (C=S) groups is 1. The van der Waals surface area contributed by atoms with Gasteiger partial charge < -0.3 is 10.2 Å². The van der Waals surface area contributed by atoms with Crippen molar-refractivity contribution in [1.29, 1.82) is 0 Å². The second kappa shape index (κ2) is 9.73. The average molecular weight is 484 g/mol. The number of halogens is 1. The van der Waals surface area contributed by atoms with Crippen molar-refractivity contribution in [3.63, 3.8) is 0 Å². The molecule has 1 aliphatic rings. The third-order valence-electron chi connectivity index (χ3n) is 5.48. The zero-order valence-electron chi connectivity index (χ0n) is 17.1. The molecule has 1 saturated heterocycles. The highest BCUT2D eigenvalue weighted by atomic mass is 79.9. The van der Waals surface area contributed by atoms with Crippen LogP contribution in [0.15, 0.2) is 65.3 Å². The van der Waals surface area contributed by atoms with Gasteiger partial charge in [0.25, 0.3) is 0 Å². The minimum Gasteiger partial charge on any atom is -0.346 e. The molecule has 30 heavy (non-hydrogen) atoms. The Morgan fingerprint density at radius 1 is 0.967 bits per heavy atom. The summed E-state index contributed by atoms with van der Waals surface area (Å²) in [6.45, 7) is 7.66. The van der Waals surface area contributed by atoms with E-state index in [-0.39, 0.29) is 0 Å². The van der Waals surface area contributed by atoms with Gasteiger partial charge in [-0.25, -0.2) is 0 Å². The van der Waals surface area contributed by atoms with Crippen LogP contribution >= 0.6 is 28.1 Å². The van der Waals surface area contributed by atoms with Gasteiger partial charge in [-0.3, -0.25) is 9.58 Å². The molecule has 0 atom stereocenters. The van der Waals surface area contributed by atoms with E-state index in [9.17, 15) is 0 Å². The number of anilines is 1. The first-order chi connectivity index (χ1) is 14.6. The summed E-state index contributed by atoms with van der Waals surface area (Å²) in [5.41, 5.74) is 3.88. The highest BCUT2D eigenvalue weighted by Crippen LogP contribution is 2.19. The van der Waals surface area contributed by atoms with Crippen molar-refractivity contribution in [2.45, 2.75) is 20.0 Å². The Balaban J connectivity index is 1.28. The van der Waals surface area contributed by atoms with Crippen molar-refractivity contribution in [2.24, 2.45) is 0 Å². The Hall–Kier alpha value is -2.22. The number of rotatable bonds is 5. The fourth-order valence-electron chi connectivity index (χ4n) is 3.64. The molecule has 2 aromatic carbocycles. The summed E-state index contributed by atoms with van der Waals surface area (Å²) in [6.07, 6.45) is 1.99. The first-order valence-electron chi connectivity index (χ1n) is 10.2. The van der Waals surface area contributed by atoms with E-state index in [0.717, 1.165) is 50.2 Å². The summed E-state index contributed by atoms with van der Waals surface area (Å²) in [5, 5.41) is 8.69. The van der Waals surface area contributed by atoms with E-state index in [1.807, 2.05) is 16.9 Å². The van der Waals surface area contributed by atoms with Crippen molar-refractivity contribution in [2.75, 3.05) is 31.5 Å². The van der Waals surface area contributed by atoms with E-state index in [1.54, 1.807) is 0 Å². The zero-order valence-corrected chi connectivity index (χ0v) is 19.5. The second-order valence-electron chi connectivity index (χ2n) is 7.61. The lowest BCUT2D eigenvalue weighted by molar-refractivity contribution is 0.176. The van der Waals surface area contributed by atoms with Crippen LogP contribution in [0.4, 0.5) is 5.82 Å². The lowest BCUT2D eigenvalue weighted by atomic mass is 10.1. The zero-order chi connectivity index (χ0) is 20.9. The Kier molecular flexibility index (Phi) is 6.82. The number of nitrogens with zero attached hydrogens (tertiary/aromatic N) is 4. The van der Waals surface area contributed by atoms with Crippen LogP contribution in [-0.4, -0.2) is 50.9 Å². The molecule has 0 unspecified atom stereocenters. The minimum atomic E-state index is 0.747. The van der Waals surface area contributed by atoms with Crippen molar-refractivity contribution in [3.8, 4) is 0 Å². The second-order valence-corrected chi connectivity index (χ2v) is 8.85. The number of piperazine rings is 1. The van der Waals surface area contributed by atoms with E-state index in [0.29, 0.717) is 0 Å². The van der Waals surface area contributed by atoms with Crippen molar-refractivity contribution in [3.05, 3.63) is 82.0 Å². The molecule has 0 spiro atoms. The van der Waals surface area contributed by atoms with E-state index in [1.165, 1.54) is 21.2 Å². The molecule has 4 rings (SSSR count). The SMILES string of the molecule is Cc1ccccc1Cn1ccc(NC(=S)N2CCN(Cc3ccccc3Br)CC2)n1. The number of aryl methyl sites for hydroxylation is 1. The summed E-state index contributed by atoms with van der Waals surface area (Å²) in [4.78, 5) is 4.70. The van der Waals surface area contributed by atoms with Crippen LogP contribution in [0.5, 0.6) is 0 Å². The maximum absolute atomic E-state index is 5.64. The molecule has 2 heterocycles. The van der Waals surface area contributed by atoms with Crippen LogP contribution in [0.25, 0.3) is 0 Å². The molecule has 0 radical (unpaired) electrons. The van der Waals surface area contributed by atoms with Gasteiger partial charge in [0.1, 0.15) is 0 Å². The molecule has 0 amide bonds. The van der Waals surface area contributed by atoms with E-state index < -0.39 is 0 Å². The molecule has 1 aromatic heterocycles. The molecule has 5 nitrogen and oxygen atoms in total. The summed E-state index contributed by atoms with van der Waals surface area (Å²) in [6, 6.07) is 18.8. The number of aromatic nitrogens is 2. The van der Waals surface area contributed by atoms with Crippen molar-refractivity contribution < 1.29 is 0 Å². The molecular weight excluding hydrogens is 458 g/mol. The maximum atomic E-state index is 5.64. The van der Waals surface area contributed by atoms with Crippen molar-refractivity contribution >= 4 is 39.1 Å². The van der Waals surface area contributed by atoms with Crippen LogP contribution in [0.1, 0.15) is 16.7 Å². The molecule has 0 bridgehead atoms. The van der Waals surface area contributed by atoms with Gasteiger partial charge in [0.05, 0.1) is 6.54 Å². The standard InChI is InChI=1S/C23H26BrN5S/c1-18-6-2-3-7-19(18)17-29-11-10-22(26-29)25-23(30)28-14-12-27(13-15-28)16-20-8-4-5-9-21(20)24/h2-11H,12-17H2,1H3,(H,25,26,30). The summed E-state index contributed by atoms with van der Waals surface area (Å²) in [5.74, 6) is 0.796. The Bertz CT molecular complexity index is 1010. The topological polar surface area (TPSA) is 36.3 Å². The normalized spacial score (nSPS) is 14.7. The maximum Gasteiger partial charge on any atom is 0.174 e. The predicted molar refractivity (Wildman–Crippen MR) is 130 cm³/mol. The van der Waals surface area contributed by atoms with Crippen LogP contribution in [0.3, 0.4) is 0 Å². The summed E-state index contributed by atoms with van der Waals surface area (Å²) in [7, 11) is 0. The quantitative estimate of drug-likeness (QED) is 0.539. The van der Waals surface area contributed by atoms with Crippen LogP contribution < -0.4 is 5.32 Å². The van der Waals surface area contributed by atoms with Gasteiger partial charge in [0.2, 0.25) is 0 Å². The fourth-order valence-corrected chi connectivity index (χ4v) is 4.34. The third-order valence-corrected chi connectivity index (χ3v) is 6.61. The lowest BCUT2D eigenvalue weighted by Crippen LogP contribution is -2.49. The monoisotopic (exact) mass is 483 g/mol. The van der Waals surface area contributed by atoms with Gasteiger partial charge in [-0.05, 0) is 41.9 Å². The first kappa shape index (κ1) is 21.0. The van der Waals surface area contributed by atoms with E-state index in [4.69, 9.17) is 12.2 Å². The molecule has 156 valence electrons. The summed E-state index contributed by atoms with van der Waals surface area (Å²) >= 11 is 9.29. The Labute approximate surface area is 191 Å². The van der Waals surface area contributed by atoms with E-state index >= 15 is 0 Å². The van der Waals surface area contributed by atoms with Crippen LogP contribution in [0, 0.1) is 6.92 Å². The van der Waals surface area contributed by atoms with Gasteiger partial charge in [0, 0.05) is 49.5 Å². The van der Waals surface area contributed by atoms with Gasteiger partial charge in [-0.2, -0.15) is 5.10 Å².